The highest BCUT2D eigenvalue weighted by Crippen LogP contribution is 2.47. The van der Waals surface area contributed by atoms with Crippen LogP contribution in [-0.2, 0) is 16.0 Å². The number of benzene rings is 2. The van der Waals surface area contributed by atoms with E-state index in [-0.39, 0.29) is 58.6 Å². The number of rotatable bonds is 6. The minimum absolute atomic E-state index is 0.0720. The molecule has 4 heterocycles. The van der Waals surface area contributed by atoms with Gasteiger partial charge in [0, 0.05) is 64.8 Å². The molecule has 3 unspecified atom stereocenters. The molecule has 8 nitrogen and oxygen atoms in total. The van der Waals surface area contributed by atoms with E-state index in [0.29, 0.717) is 53.2 Å². The van der Waals surface area contributed by atoms with Crippen LogP contribution in [0.5, 0.6) is 0 Å². The topological polar surface area (TPSA) is 91.5 Å². The smallest absolute Gasteiger partial charge is 0.410 e. The standard InChI is InChI=1S/C39H42Cl2FN5O3/c1-21-11-14-30(46(21)37(48)23-12-13-23)31-19-27-22(2)44-35-28(36(27)47(31)25-15-17-45(20-25)38(49)50-39(3,4)5)18-24(8-7-16-43)32(34(35)42)26-9-6-10-29(40)33(26)41/h6,9-10,18-19,21,23,25,30H,7-8,11-15,17,20H2,1-5H3. The maximum Gasteiger partial charge on any atom is 0.410 e. The first-order chi connectivity index (χ1) is 23.8. The number of hydrogen-bond donors (Lipinski definition) is 0. The van der Waals surface area contributed by atoms with E-state index in [1.165, 1.54) is 0 Å². The van der Waals surface area contributed by atoms with Gasteiger partial charge in [0.05, 0.1) is 33.7 Å². The second-order valence-electron chi connectivity index (χ2n) is 15.1. The van der Waals surface area contributed by atoms with E-state index < -0.39 is 11.4 Å². The van der Waals surface area contributed by atoms with E-state index >= 15 is 4.39 Å². The Balaban J connectivity index is 1.48. The molecule has 0 radical (unpaired) electrons. The summed E-state index contributed by atoms with van der Waals surface area (Å²) in [4.78, 5) is 35.7. The molecule has 0 spiro atoms. The van der Waals surface area contributed by atoms with Crippen LogP contribution in [0, 0.1) is 30.0 Å². The van der Waals surface area contributed by atoms with Gasteiger partial charge >= 0.3 is 6.09 Å². The van der Waals surface area contributed by atoms with Gasteiger partial charge in [-0.15, -0.1) is 0 Å². The summed E-state index contributed by atoms with van der Waals surface area (Å²) in [7, 11) is 0. The van der Waals surface area contributed by atoms with Crippen LogP contribution in [0.4, 0.5) is 9.18 Å². The van der Waals surface area contributed by atoms with E-state index in [2.05, 4.69) is 28.5 Å². The zero-order chi connectivity index (χ0) is 35.6. The van der Waals surface area contributed by atoms with Gasteiger partial charge in [0.1, 0.15) is 11.1 Å². The Labute approximate surface area is 302 Å². The Morgan fingerprint density at radius 2 is 1.86 bits per heavy atom. The van der Waals surface area contributed by atoms with Crippen LogP contribution in [0.25, 0.3) is 32.9 Å². The Morgan fingerprint density at radius 1 is 1.10 bits per heavy atom. The normalized spacial score (nSPS) is 21.0. The minimum atomic E-state index is -0.635. The van der Waals surface area contributed by atoms with Gasteiger partial charge in [0.2, 0.25) is 5.91 Å². The summed E-state index contributed by atoms with van der Waals surface area (Å²) in [5.41, 5.74) is 3.37. The molecular weight excluding hydrogens is 676 g/mol. The van der Waals surface area contributed by atoms with E-state index in [1.54, 1.807) is 23.1 Å². The highest BCUT2D eigenvalue weighted by atomic mass is 35.5. The van der Waals surface area contributed by atoms with Crippen LogP contribution >= 0.6 is 23.2 Å². The van der Waals surface area contributed by atoms with Gasteiger partial charge in [-0.25, -0.2) is 14.2 Å². The molecule has 2 amide bonds. The molecule has 262 valence electrons. The molecule has 2 aliphatic heterocycles. The molecule has 2 saturated heterocycles. The van der Waals surface area contributed by atoms with Gasteiger partial charge in [0.15, 0.2) is 5.82 Å². The van der Waals surface area contributed by atoms with Crippen LogP contribution in [0.3, 0.4) is 0 Å². The molecule has 4 aromatic rings. The van der Waals surface area contributed by atoms with Crippen molar-refractivity contribution in [2.75, 3.05) is 13.1 Å². The summed E-state index contributed by atoms with van der Waals surface area (Å²) >= 11 is 13.1. The molecule has 7 rings (SSSR count). The number of carbonyl (C=O) groups is 2. The highest BCUT2D eigenvalue weighted by Gasteiger charge is 2.44. The molecule has 3 fully saturated rings. The number of ether oxygens (including phenoxy) is 1. The quantitative estimate of drug-likeness (QED) is 0.198. The second kappa shape index (κ2) is 13.0. The van der Waals surface area contributed by atoms with E-state index in [0.717, 1.165) is 42.3 Å². The number of amides is 2. The van der Waals surface area contributed by atoms with Crippen molar-refractivity contribution in [3.05, 3.63) is 63.1 Å². The summed E-state index contributed by atoms with van der Waals surface area (Å²) in [6, 6.07) is 11.2. The number of nitriles is 1. The summed E-state index contributed by atoms with van der Waals surface area (Å²) in [5, 5.41) is 11.6. The lowest BCUT2D eigenvalue weighted by Crippen LogP contribution is -2.38. The Bertz CT molecular complexity index is 2080. The van der Waals surface area contributed by atoms with Crippen LogP contribution in [0.2, 0.25) is 10.0 Å². The highest BCUT2D eigenvalue weighted by molar-refractivity contribution is 6.43. The Morgan fingerprint density at radius 3 is 2.56 bits per heavy atom. The van der Waals surface area contributed by atoms with E-state index in [1.807, 2.05) is 33.8 Å². The molecule has 3 aliphatic rings. The maximum absolute atomic E-state index is 17.1. The van der Waals surface area contributed by atoms with Crippen molar-refractivity contribution in [1.82, 2.24) is 19.4 Å². The van der Waals surface area contributed by atoms with Crippen molar-refractivity contribution in [2.24, 2.45) is 5.92 Å². The number of hydrogen-bond acceptors (Lipinski definition) is 5. The fraction of sp³-hybridized carbons (Fsp3) is 0.487. The molecule has 1 saturated carbocycles. The number of fused-ring (bicyclic) bond motifs is 3. The zero-order valence-electron chi connectivity index (χ0n) is 29.2. The van der Waals surface area contributed by atoms with Crippen molar-refractivity contribution in [3.63, 3.8) is 0 Å². The third-order valence-electron chi connectivity index (χ3n) is 10.4. The number of nitrogens with zero attached hydrogens (tertiary/aromatic N) is 5. The fourth-order valence-electron chi connectivity index (χ4n) is 7.96. The molecule has 1 aliphatic carbocycles. The molecule has 0 N–H and O–H groups in total. The number of carbonyl (C=O) groups excluding carboxylic acids is 2. The lowest BCUT2D eigenvalue weighted by Gasteiger charge is -2.31. The van der Waals surface area contributed by atoms with E-state index in [4.69, 9.17) is 32.9 Å². The van der Waals surface area contributed by atoms with Crippen LogP contribution in [0.1, 0.15) is 95.3 Å². The van der Waals surface area contributed by atoms with E-state index in [9.17, 15) is 14.9 Å². The number of aromatic nitrogens is 2. The molecular formula is C39H42Cl2FN5O3. The molecule has 2 aromatic heterocycles. The first-order valence-electron chi connectivity index (χ1n) is 17.6. The molecule has 50 heavy (non-hydrogen) atoms. The fourth-order valence-corrected chi connectivity index (χ4v) is 8.36. The lowest BCUT2D eigenvalue weighted by molar-refractivity contribution is -0.135. The van der Waals surface area contributed by atoms with Crippen molar-refractivity contribution in [1.29, 1.82) is 5.26 Å². The first kappa shape index (κ1) is 34.6. The number of pyridine rings is 1. The second-order valence-corrected chi connectivity index (χ2v) is 15.9. The molecule has 3 atom stereocenters. The minimum Gasteiger partial charge on any atom is -0.444 e. The third kappa shape index (κ3) is 6.09. The number of aryl methyl sites for hydroxylation is 2. The summed E-state index contributed by atoms with van der Waals surface area (Å²) in [6.07, 6.45) is 4.30. The maximum atomic E-state index is 17.1. The third-order valence-corrected chi connectivity index (χ3v) is 11.2. The summed E-state index contributed by atoms with van der Waals surface area (Å²) in [6.45, 7) is 10.5. The molecule has 2 aromatic carbocycles. The van der Waals surface area contributed by atoms with Crippen LogP contribution < -0.4 is 0 Å². The number of likely N-dealkylation sites (tertiary alicyclic amines) is 2. The van der Waals surface area contributed by atoms with Crippen molar-refractivity contribution < 1.29 is 18.7 Å². The zero-order valence-corrected chi connectivity index (χ0v) is 30.7. The Kier molecular flexibility index (Phi) is 9.01. The van der Waals surface area contributed by atoms with Gasteiger partial charge in [-0.1, -0.05) is 35.3 Å². The largest absolute Gasteiger partial charge is 0.444 e. The average molecular weight is 719 g/mol. The first-order valence-corrected chi connectivity index (χ1v) is 18.3. The SMILES string of the molecule is Cc1nc2c(F)c(-c3cccc(Cl)c3Cl)c(CCC#N)cc2c2c1cc(C1CCC(C)N1C(=O)C1CC1)n2C1CCN(C(=O)OC(C)(C)C)C1. The van der Waals surface area contributed by atoms with Gasteiger partial charge in [-0.05, 0) is 96.9 Å². The van der Waals surface area contributed by atoms with Crippen LogP contribution in [-0.4, -0.2) is 56.1 Å². The predicted octanol–water partition coefficient (Wildman–Crippen LogP) is 9.71. The van der Waals surface area contributed by atoms with Crippen molar-refractivity contribution >= 4 is 57.0 Å². The Hall–Kier alpha value is -3.87. The molecule has 0 bridgehead atoms. The predicted molar refractivity (Wildman–Crippen MR) is 194 cm³/mol. The molecule has 11 heteroatoms. The van der Waals surface area contributed by atoms with Gasteiger partial charge in [-0.3, -0.25) is 4.79 Å². The van der Waals surface area contributed by atoms with Crippen molar-refractivity contribution in [3.8, 4) is 17.2 Å². The van der Waals surface area contributed by atoms with Gasteiger partial charge < -0.3 is 19.1 Å². The van der Waals surface area contributed by atoms with Crippen molar-refractivity contribution in [2.45, 2.75) is 103 Å². The lowest BCUT2D eigenvalue weighted by atomic mass is 9.93. The average Bonchev–Trinajstić information content (AvgIpc) is 3.46. The van der Waals surface area contributed by atoms with Gasteiger partial charge in [-0.2, -0.15) is 5.26 Å². The summed E-state index contributed by atoms with van der Waals surface area (Å²) < 4.78 is 25.2. The summed E-state index contributed by atoms with van der Waals surface area (Å²) in [5.74, 6) is -0.255. The van der Waals surface area contributed by atoms with Crippen LogP contribution in [0.15, 0.2) is 30.3 Å². The van der Waals surface area contributed by atoms with Gasteiger partial charge in [0.25, 0.3) is 0 Å². The number of halogens is 3. The monoisotopic (exact) mass is 717 g/mol.